The molecule has 0 aliphatic carbocycles. The highest BCUT2D eigenvalue weighted by atomic mass is 19.4. The third-order valence-electron chi connectivity index (χ3n) is 2.62. The second kappa shape index (κ2) is 6.69. The molecule has 3 nitrogen and oxygen atoms in total. The lowest BCUT2D eigenvalue weighted by Gasteiger charge is -2.22. The van der Waals surface area contributed by atoms with Gasteiger partial charge in [-0.3, -0.25) is 0 Å². The Labute approximate surface area is 117 Å². The zero-order chi connectivity index (χ0) is 16.3. The van der Waals surface area contributed by atoms with Gasteiger partial charge in [-0.1, -0.05) is 6.92 Å². The molecule has 1 aromatic rings. The van der Waals surface area contributed by atoms with Crippen LogP contribution in [0.1, 0.15) is 24.0 Å². The number of halogens is 6. The molecular formula is C12H15F6NO2. The molecule has 1 aromatic heterocycles. The van der Waals surface area contributed by atoms with Gasteiger partial charge < -0.3 is 14.5 Å². The van der Waals surface area contributed by atoms with Crippen LogP contribution in [0.2, 0.25) is 0 Å². The van der Waals surface area contributed by atoms with Crippen LogP contribution in [0.4, 0.5) is 26.3 Å². The first kappa shape index (κ1) is 17.8. The molecule has 9 heteroatoms. The molecule has 0 aliphatic heterocycles. The largest absolute Gasteiger partial charge is 0.464 e. The van der Waals surface area contributed by atoms with E-state index in [-0.39, 0.29) is 5.76 Å². The molecule has 21 heavy (non-hydrogen) atoms. The summed E-state index contributed by atoms with van der Waals surface area (Å²) in [5, 5.41) is 2.97. The van der Waals surface area contributed by atoms with E-state index in [2.05, 4.69) is 10.1 Å². The third kappa shape index (κ3) is 5.24. The Bertz CT molecular complexity index is 438. The van der Waals surface area contributed by atoms with Gasteiger partial charge in [0.15, 0.2) is 0 Å². The van der Waals surface area contributed by atoms with Crippen molar-refractivity contribution in [3.05, 3.63) is 23.2 Å². The summed E-state index contributed by atoms with van der Waals surface area (Å²) in [5.74, 6) is 0.337. The van der Waals surface area contributed by atoms with Crippen molar-refractivity contribution in [3.8, 4) is 0 Å². The molecule has 0 unspecified atom stereocenters. The van der Waals surface area contributed by atoms with E-state index in [1.54, 1.807) is 6.92 Å². The monoisotopic (exact) mass is 319 g/mol. The Morgan fingerprint density at radius 1 is 1.19 bits per heavy atom. The molecule has 0 saturated heterocycles. The second-order valence-corrected chi connectivity index (χ2v) is 4.35. The molecule has 0 saturated carbocycles. The fraction of sp³-hybridized carbons (Fsp3) is 0.667. The molecule has 0 fully saturated rings. The number of rotatable bonds is 6. The van der Waals surface area contributed by atoms with Gasteiger partial charge in [0.1, 0.15) is 18.1 Å². The topological polar surface area (TPSA) is 34.4 Å². The maximum atomic E-state index is 12.3. The van der Waals surface area contributed by atoms with Crippen molar-refractivity contribution in [1.29, 1.82) is 0 Å². The van der Waals surface area contributed by atoms with Crippen LogP contribution in [0, 0.1) is 6.92 Å². The quantitative estimate of drug-likeness (QED) is 0.812. The highest BCUT2D eigenvalue weighted by Crippen LogP contribution is 2.36. The van der Waals surface area contributed by atoms with Gasteiger partial charge in [0.2, 0.25) is 6.10 Å². The highest BCUT2D eigenvalue weighted by Gasteiger charge is 2.58. The molecular weight excluding hydrogens is 304 g/mol. The molecule has 1 N–H and O–H groups in total. The van der Waals surface area contributed by atoms with E-state index in [0.29, 0.717) is 24.4 Å². The highest BCUT2D eigenvalue weighted by molar-refractivity contribution is 5.20. The third-order valence-corrected chi connectivity index (χ3v) is 2.62. The van der Waals surface area contributed by atoms with Crippen LogP contribution >= 0.6 is 0 Å². The van der Waals surface area contributed by atoms with Crippen molar-refractivity contribution in [2.24, 2.45) is 0 Å². The van der Waals surface area contributed by atoms with E-state index in [4.69, 9.17) is 4.42 Å². The van der Waals surface area contributed by atoms with Crippen LogP contribution in [0.3, 0.4) is 0 Å². The van der Waals surface area contributed by atoms with Gasteiger partial charge in [-0.2, -0.15) is 26.3 Å². The Hall–Kier alpha value is -1.22. The zero-order valence-electron chi connectivity index (χ0n) is 11.4. The summed E-state index contributed by atoms with van der Waals surface area (Å²) >= 11 is 0. The molecule has 0 radical (unpaired) electrons. The number of furan rings is 1. The zero-order valence-corrected chi connectivity index (χ0v) is 11.4. The molecule has 0 spiro atoms. The number of hydrogen-bond acceptors (Lipinski definition) is 3. The van der Waals surface area contributed by atoms with Gasteiger partial charge in [0.05, 0.1) is 0 Å². The van der Waals surface area contributed by atoms with Gasteiger partial charge in [-0.25, -0.2) is 0 Å². The lowest BCUT2D eigenvalue weighted by Crippen LogP contribution is -2.44. The molecule has 0 bridgehead atoms. The van der Waals surface area contributed by atoms with E-state index in [1.807, 2.05) is 6.92 Å². The fourth-order valence-electron chi connectivity index (χ4n) is 1.63. The van der Waals surface area contributed by atoms with Crippen molar-refractivity contribution in [1.82, 2.24) is 5.32 Å². The van der Waals surface area contributed by atoms with E-state index in [0.717, 1.165) is 0 Å². The summed E-state index contributed by atoms with van der Waals surface area (Å²) in [6.45, 7) is 3.60. The van der Waals surface area contributed by atoms with Gasteiger partial charge >= 0.3 is 12.4 Å². The van der Waals surface area contributed by atoms with Crippen molar-refractivity contribution >= 4 is 0 Å². The summed E-state index contributed by atoms with van der Waals surface area (Å²) < 4.78 is 82.8. The van der Waals surface area contributed by atoms with Crippen molar-refractivity contribution < 1.29 is 35.5 Å². The average Bonchev–Trinajstić information content (AvgIpc) is 2.64. The van der Waals surface area contributed by atoms with Crippen molar-refractivity contribution in [2.75, 3.05) is 6.54 Å². The van der Waals surface area contributed by atoms with Crippen molar-refractivity contribution in [3.63, 3.8) is 0 Å². The molecule has 1 heterocycles. The number of hydrogen-bond donors (Lipinski definition) is 1. The predicted octanol–water partition coefficient (Wildman–Crippen LogP) is 3.71. The first-order valence-corrected chi connectivity index (χ1v) is 6.09. The summed E-state index contributed by atoms with van der Waals surface area (Å²) in [4.78, 5) is 0. The van der Waals surface area contributed by atoms with Gasteiger partial charge in [0.25, 0.3) is 0 Å². The summed E-state index contributed by atoms with van der Waals surface area (Å²) in [7, 11) is 0. The first-order chi connectivity index (χ1) is 9.55. The first-order valence-electron chi connectivity index (χ1n) is 6.09. The maximum absolute atomic E-state index is 12.3. The molecule has 0 amide bonds. The maximum Gasteiger partial charge on any atom is 0.423 e. The van der Waals surface area contributed by atoms with Crippen LogP contribution in [0.5, 0.6) is 0 Å². The normalized spacial score (nSPS) is 13.2. The predicted molar refractivity (Wildman–Crippen MR) is 61.5 cm³/mol. The van der Waals surface area contributed by atoms with E-state index in [1.165, 1.54) is 6.07 Å². The van der Waals surface area contributed by atoms with E-state index >= 15 is 0 Å². The van der Waals surface area contributed by atoms with Crippen molar-refractivity contribution in [2.45, 2.75) is 45.5 Å². The molecule has 1 rings (SSSR count). The fourth-order valence-corrected chi connectivity index (χ4v) is 1.63. The minimum atomic E-state index is -5.52. The van der Waals surface area contributed by atoms with Crippen LogP contribution in [0.25, 0.3) is 0 Å². The molecule has 0 aliphatic rings. The van der Waals surface area contributed by atoms with Crippen LogP contribution in [-0.2, 0) is 17.9 Å². The summed E-state index contributed by atoms with van der Waals surface area (Å²) in [6.07, 6.45) is -14.9. The van der Waals surface area contributed by atoms with E-state index < -0.39 is 25.1 Å². The lowest BCUT2D eigenvalue weighted by atomic mass is 10.2. The SMILES string of the molecule is CCNCc1cc(COC(C(F)(F)F)C(F)(F)F)oc1C. The lowest BCUT2D eigenvalue weighted by molar-refractivity contribution is -0.325. The Balaban J connectivity index is 2.73. The number of ether oxygens (including phenoxy) is 1. The average molecular weight is 319 g/mol. The number of nitrogens with one attached hydrogen (secondary N) is 1. The van der Waals surface area contributed by atoms with Crippen LogP contribution < -0.4 is 5.32 Å². The Morgan fingerprint density at radius 2 is 1.76 bits per heavy atom. The van der Waals surface area contributed by atoms with Gasteiger partial charge in [-0.05, 0) is 19.5 Å². The second-order valence-electron chi connectivity index (χ2n) is 4.35. The van der Waals surface area contributed by atoms with Crippen LogP contribution in [-0.4, -0.2) is 25.0 Å². The Morgan fingerprint density at radius 3 is 2.24 bits per heavy atom. The minimum Gasteiger partial charge on any atom is -0.464 e. The van der Waals surface area contributed by atoms with Gasteiger partial charge in [0, 0.05) is 12.1 Å². The smallest absolute Gasteiger partial charge is 0.423 e. The van der Waals surface area contributed by atoms with E-state index in [9.17, 15) is 26.3 Å². The number of aryl methyl sites for hydroxylation is 1. The summed E-state index contributed by atoms with van der Waals surface area (Å²) in [6, 6.07) is 1.38. The minimum absolute atomic E-state index is 0.0843. The standard InChI is InChI=1S/C12H15F6NO2/c1-3-19-5-8-4-9(21-7(8)2)6-20-10(11(13,14)15)12(16,17)18/h4,10,19H,3,5-6H2,1-2H3. The van der Waals surface area contributed by atoms with Crippen LogP contribution in [0.15, 0.2) is 10.5 Å². The molecule has 0 atom stereocenters. The van der Waals surface area contributed by atoms with Gasteiger partial charge in [-0.15, -0.1) is 0 Å². The molecule has 0 aromatic carbocycles. The Kier molecular flexibility index (Phi) is 5.68. The summed E-state index contributed by atoms with van der Waals surface area (Å²) in [5.41, 5.74) is 0.658. The molecule has 122 valence electrons. The number of alkyl halides is 6.